The van der Waals surface area contributed by atoms with Crippen LogP contribution in [0.15, 0.2) is 12.4 Å². The fourth-order valence-electron chi connectivity index (χ4n) is 5.65. The van der Waals surface area contributed by atoms with E-state index in [1.807, 2.05) is 12.4 Å². The number of rotatable bonds is 3. The van der Waals surface area contributed by atoms with E-state index in [0.717, 1.165) is 50.1 Å². The molecule has 0 radical (unpaired) electrons. The van der Waals surface area contributed by atoms with E-state index in [1.54, 1.807) is 0 Å². The maximum atomic E-state index is 6.46. The molecule has 4 N–H and O–H groups in total. The molecule has 5 heteroatoms. The second kappa shape index (κ2) is 6.84. The number of nitrogens with zero attached hydrogens (tertiary/aromatic N) is 3. The van der Waals surface area contributed by atoms with Gasteiger partial charge in [-0.1, -0.05) is 13.8 Å². The summed E-state index contributed by atoms with van der Waals surface area (Å²) in [5.41, 5.74) is 13.9. The van der Waals surface area contributed by atoms with Crippen LogP contribution in [0.5, 0.6) is 0 Å². The molecule has 5 nitrogen and oxygen atoms in total. The predicted octanol–water partition coefficient (Wildman–Crippen LogP) is 2.52. The van der Waals surface area contributed by atoms with Crippen LogP contribution in [-0.4, -0.2) is 35.1 Å². The van der Waals surface area contributed by atoms with Gasteiger partial charge in [0.1, 0.15) is 0 Å². The van der Waals surface area contributed by atoms with Gasteiger partial charge in [0.2, 0.25) is 5.95 Å². The Bertz CT molecular complexity index is 578. The minimum absolute atomic E-state index is 0.235. The highest BCUT2D eigenvalue weighted by Crippen LogP contribution is 2.50. The summed E-state index contributed by atoms with van der Waals surface area (Å²) in [4.78, 5) is 11.8. The lowest BCUT2D eigenvalue weighted by Crippen LogP contribution is -2.36. The molecule has 3 fully saturated rings. The van der Waals surface area contributed by atoms with E-state index >= 15 is 0 Å². The quantitative estimate of drug-likeness (QED) is 0.881. The Kier molecular flexibility index (Phi) is 4.71. The van der Waals surface area contributed by atoms with Gasteiger partial charge < -0.3 is 16.4 Å². The van der Waals surface area contributed by atoms with Gasteiger partial charge in [0.05, 0.1) is 0 Å². The Balaban J connectivity index is 1.44. The van der Waals surface area contributed by atoms with Crippen LogP contribution in [0.3, 0.4) is 0 Å². The SMILES string of the molecule is CC(C)C1CCN(c2ncc(C3C(N)CC4CC(N)CC43)cn2)CC1. The first-order valence-corrected chi connectivity index (χ1v) is 10.1. The number of fused-ring (bicyclic) bond motifs is 1. The smallest absolute Gasteiger partial charge is 0.225 e. The largest absolute Gasteiger partial charge is 0.341 e. The van der Waals surface area contributed by atoms with Crippen molar-refractivity contribution in [1.82, 2.24) is 9.97 Å². The van der Waals surface area contributed by atoms with Gasteiger partial charge in [-0.05, 0) is 61.3 Å². The summed E-state index contributed by atoms with van der Waals surface area (Å²) in [6, 6.07) is 0.589. The summed E-state index contributed by atoms with van der Waals surface area (Å²) in [5, 5.41) is 0. The summed E-state index contributed by atoms with van der Waals surface area (Å²) in [5.74, 6) is 4.22. The van der Waals surface area contributed by atoms with Crippen LogP contribution in [0.1, 0.15) is 57.4 Å². The average Bonchev–Trinajstić information content (AvgIpc) is 3.09. The molecule has 1 saturated heterocycles. The molecule has 2 aliphatic carbocycles. The number of nitrogens with two attached hydrogens (primary N) is 2. The zero-order valence-electron chi connectivity index (χ0n) is 15.6. The van der Waals surface area contributed by atoms with Crippen molar-refractivity contribution in [2.24, 2.45) is 35.1 Å². The molecule has 5 atom stereocenters. The first kappa shape index (κ1) is 17.2. The van der Waals surface area contributed by atoms with E-state index in [1.165, 1.54) is 18.4 Å². The molecule has 0 bridgehead atoms. The van der Waals surface area contributed by atoms with Gasteiger partial charge in [0, 0.05) is 43.5 Å². The highest BCUT2D eigenvalue weighted by atomic mass is 15.2. The fraction of sp³-hybridized carbons (Fsp3) is 0.800. The maximum absolute atomic E-state index is 6.46. The molecule has 1 aliphatic heterocycles. The number of hydrogen-bond donors (Lipinski definition) is 2. The Morgan fingerprint density at radius 1 is 1.04 bits per heavy atom. The standard InChI is InChI=1S/C20H33N5/c1-12(2)13-3-5-25(6-4-13)20-23-10-15(11-24-20)19-17-9-16(21)7-14(17)8-18(19)22/h10-14,16-19H,3-9,21-22H2,1-2H3. The van der Waals surface area contributed by atoms with Gasteiger partial charge in [-0.2, -0.15) is 0 Å². The first-order valence-electron chi connectivity index (χ1n) is 10.1. The van der Waals surface area contributed by atoms with E-state index in [-0.39, 0.29) is 6.04 Å². The van der Waals surface area contributed by atoms with Crippen LogP contribution in [-0.2, 0) is 0 Å². The van der Waals surface area contributed by atoms with Crippen molar-refractivity contribution in [1.29, 1.82) is 0 Å². The third-order valence-corrected chi connectivity index (χ3v) is 7.09. The molecule has 138 valence electrons. The molecule has 4 rings (SSSR count). The van der Waals surface area contributed by atoms with Gasteiger partial charge in [-0.25, -0.2) is 9.97 Å². The van der Waals surface area contributed by atoms with Crippen molar-refractivity contribution in [3.05, 3.63) is 18.0 Å². The normalized spacial score (nSPS) is 36.2. The summed E-state index contributed by atoms with van der Waals surface area (Å²) < 4.78 is 0. The van der Waals surface area contributed by atoms with Crippen LogP contribution in [0.2, 0.25) is 0 Å². The minimum Gasteiger partial charge on any atom is -0.341 e. The van der Waals surface area contributed by atoms with E-state index in [4.69, 9.17) is 21.4 Å². The van der Waals surface area contributed by atoms with Crippen LogP contribution in [0.25, 0.3) is 0 Å². The van der Waals surface area contributed by atoms with Crippen LogP contribution in [0.4, 0.5) is 5.95 Å². The topological polar surface area (TPSA) is 81.1 Å². The highest BCUT2D eigenvalue weighted by Gasteiger charge is 2.47. The molecule has 2 heterocycles. The summed E-state index contributed by atoms with van der Waals surface area (Å²) in [7, 11) is 0. The Hall–Kier alpha value is -1.20. The lowest BCUT2D eigenvalue weighted by atomic mass is 9.86. The molecule has 0 spiro atoms. The molecule has 1 aromatic rings. The predicted molar refractivity (Wildman–Crippen MR) is 101 cm³/mol. The van der Waals surface area contributed by atoms with Crippen LogP contribution < -0.4 is 16.4 Å². The van der Waals surface area contributed by atoms with Crippen molar-refractivity contribution < 1.29 is 0 Å². The van der Waals surface area contributed by atoms with E-state index in [0.29, 0.717) is 23.8 Å². The van der Waals surface area contributed by atoms with Crippen molar-refractivity contribution in [3.8, 4) is 0 Å². The average molecular weight is 344 g/mol. The van der Waals surface area contributed by atoms with Gasteiger partial charge in [-0.15, -0.1) is 0 Å². The Labute approximate surface area is 151 Å². The zero-order chi connectivity index (χ0) is 17.6. The van der Waals surface area contributed by atoms with Crippen molar-refractivity contribution in [3.63, 3.8) is 0 Å². The molecule has 2 saturated carbocycles. The van der Waals surface area contributed by atoms with Gasteiger partial charge in [0.25, 0.3) is 0 Å². The second-order valence-corrected chi connectivity index (χ2v) is 8.97. The van der Waals surface area contributed by atoms with Crippen molar-refractivity contribution in [2.45, 2.75) is 64.0 Å². The fourth-order valence-corrected chi connectivity index (χ4v) is 5.65. The third kappa shape index (κ3) is 3.28. The third-order valence-electron chi connectivity index (χ3n) is 7.09. The molecule has 3 aliphatic rings. The lowest BCUT2D eigenvalue weighted by Gasteiger charge is -2.34. The van der Waals surface area contributed by atoms with Gasteiger partial charge in [-0.3, -0.25) is 0 Å². The summed E-state index contributed by atoms with van der Waals surface area (Å²) >= 11 is 0. The highest BCUT2D eigenvalue weighted by molar-refractivity contribution is 5.32. The molecule has 0 aromatic carbocycles. The second-order valence-electron chi connectivity index (χ2n) is 8.97. The van der Waals surface area contributed by atoms with E-state index in [9.17, 15) is 0 Å². The molecular formula is C20H33N5. The van der Waals surface area contributed by atoms with Gasteiger partial charge in [0.15, 0.2) is 0 Å². The molecule has 5 unspecified atom stereocenters. The zero-order valence-corrected chi connectivity index (χ0v) is 15.6. The molecule has 1 aromatic heterocycles. The molecular weight excluding hydrogens is 310 g/mol. The maximum Gasteiger partial charge on any atom is 0.225 e. The van der Waals surface area contributed by atoms with Crippen molar-refractivity contribution >= 4 is 5.95 Å². The van der Waals surface area contributed by atoms with Crippen LogP contribution >= 0.6 is 0 Å². The first-order chi connectivity index (χ1) is 12.0. The van der Waals surface area contributed by atoms with Gasteiger partial charge >= 0.3 is 0 Å². The molecule has 25 heavy (non-hydrogen) atoms. The van der Waals surface area contributed by atoms with Crippen molar-refractivity contribution in [2.75, 3.05) is 18.0 Å². The number of hydrogen-bond acceptors (Lipinski definition) is 5. The summed E-state index contributed by atoms with van der Waals surface area (Å²) in [6.45, 7) is 6.81. The number of anilines is 1. The lowest BCUT2D eigenvalue weighted by molar-refractivity contribution is 0.310. The van der Waals surface area contributed by atoms with E-state index in [2.05, 4.69) is 18.7 Å². The Morgan fingerprint density at radius 2 is 1.72 bits per heavy atom. The van der Waals surface area contributed by atoms with E-state index < -0.39 is 0 Å². The minimum atomic E-state index is 0.235. The van der Waals surface area contributed by atoms with Crippen LogP contribution in [0, 0.1) is 23.7 Å². The summed E-state index contributed by atoms with van der Waals surface area (Å²) in [6.07, 6.45) is 9.91. The number of piperidine rings is 1. The number of aromatic nitrogens is 2. The molecule has 0 amide bonds. The monoisotopic (exact) mass is 343 g/mol. The Morgan fingerprint density at radius 3 is 2.36 bits per heavy atom.